The molecule has 0 spiro atoms. The van der Waals surface area contributed by atoms with Crippen LogP contribution < -0.4 is 5.73 Å². The van der Waals surface area contributed by atoms with Gasteiger partial charge < -0.3 is 10.9 Å². The molecule has 0 fully saturated rings. The van der Waals surface area contributed by atoms with Gasteiger partial charge in [0.2, 0.25) is 0 Å². The number of oxime groups is 1. The fourth-order valence-corrected chi connectivity index (χ4v) is 2.57. The molecule has 0 radical (unpaired) electrons. The maximum Gasteiger partial charge on any atom is 0.171 e. The van der Waals surface area contributed by atoms with Crippen molar-refractivity contribution in [3.63, 3.8) is 0 Å². The van der Waals surface area contributed by atoms with Crippen LogP contribution in [0.2, 0.25) is 0 Å². The molecule has 0 aliphatic heterocycles. The van der Waals surface area contributed by atoms with E-state index >= 15 is 0 Å². The monoisotopic (exact) mass is 259 g/mol. The van der Waals surface area contributed by atoms with Gasteiger partial charge in [-0.05, 0) is 25.1 Å². The molecule has 92 valence electrons. The molecule has 0 aliphatic carbocycles. The Morgan fingerprint density at radius 3 is 2.94 bits per heavy atom. The van der Waals surface area contributed by atoms with Crippen LogP contribution in [0.5, 0.6) is 0 Å². The summed E-state index contributed by atoms with van der Waals surface area (Å²) in [7, 11) is 0. The van der Waals surface area contributed by atoms with Gasteiger partial charge in [-0.1, -0.05) is 34.6 Å². The van der Waals surface area contributed by atoms with Crippen LogP contribution in [0, 0.1) is 6.92 Å². The maximum absolute atomic E-state index is 8.76. The van der Waals surface area contributed by atoms with Gasteiger partial charge in [-0.2, -0.15) is 0 Å². The van der Waals surface area contributed by atoms with Crippen molar-refractivity contribution in [2.45, 2.75) is 16.7 Å². The van der Waals surface area contributed by atoms with Crippen LogP contribution in [0.1, 0.15) is 11.1 Å². The van der Waals surface area contributed by atoms with E-state index in [9.17, 15) is 0 Å². The minimum Gasteiger partial charge on any atom is -0.409 e. The topological polar surface area (TPSA) is 71.5 Å². The van der Waals surface area contributed by atoms with E-state index in [1.54, 1.807) is 18.5 Å². The lowest BCUT2D eigenvalue weighted by atomic mass is 10.2. The van der Waals surface area contributed by atoms with Crippen molar-refractivity contribution >= 4 is 17.6 Å². The molecule has 0 atom stereocenters. The van der Waals surface area contributed by atoms with Crippen LogP contribution >= 0.6 is 11.8 Å². The number of aromatic nitrogens is 1. The lowest BCUT2D eigenvalue weighted by Gasteiger charge is -2.07. The number of nitrogens with two attached hydrogens (primary N) is 1. The van der Waals surface area contributed by atoms with Gasteiger partial charge in [-0.3, -0.25) is 4.98 Å². The van der Waals surface area contributed by atoms with Crippen LogP contribution in [0.3, 0.4) is 0 Å². The summed E-state index contributed by atoms with van der Waals surface area (Å²) in [6, 6.07) is 9.86. The number of pyridine rings is 1. The quantitative estimate of drug-likeness (QED) is 0.385. The van der Waals surface area contributed by atoms with Crippen molar-refractivity contribution in [3.05, 3.63) is 53.9 Å². The van der Waals surface area contributed by atoms with Gasteiger partial charge in [0.15, 0.2) is 5.84 Å². The molecule has 0 amide bonds. The van der Waals surface area contributed by atoms with Crippen LogP contribution in [-0.2, 0) is 0 Å². The number of benzene rings is 1. The first kappa shape index (κ1) is 12.4. The predicted octanol–water partition coefficient (Wildman–Crippen LogP) is 2.64. The van der Waals surface area contributed by atoms with Gasteiger partial charge in [0, 0.05) is 27.7 Å². The first-order chi connectivity index (χ1) is 8.70. The highest BCUT2D eigenvalue weighted by Crippen LogP contribution is 2.30. The SMILES string of the molecule is Cc1cccc(Sc2cnccc2C(N)=NO)c1. The largest absolute Gasteiger partial charge is 0.409 e. The minimum absolute atomic E-state index is 0.0903. The predicted molar refractivity (Wildman–Crippen MR) is 72.0 cm³/mol. The summed E-state index contributed by atoms with van der Waals surface area (Å²) in [6.45, 7) is 2.04. The smallest absolute Gasteiger partial charge is 0.171 e. The van der Waals surface area contributed by atoms with Gasteiger partial charge >= 0.3 is 0 Å². The molecule has 3 N–H and O–H groups in total. The second kappa shape index (κ2) is 5.55. The third-order valence-electron chi connectivity index (χ3n) is 2.39. The Balaban J connectivity index is 2.35. The molecule has 0 bridgehead atoms. The molecule has 1 aromatic carbocycles. The molecule has 0 saturated heterocycles. The summed E-state index contributed by atoms with van der Waals surface area (Å²) < 4.78 is 0. The number of aryl methyl sites for hydroxylation is 1. The van der Waals surface area contributed by atoms with Gasteiger partial charge in [0.1, 0.15) is 0 Å². The lowest BCUT2D eigenvalue weighted by molar-refractivity contribution is 0.318. The van der Waals surface area contributed by atoms with Crippen molar-refractivity contribution < 1.29 is 5.21 Å². The highest BCUT2D eigenvalue weighted by atomic mass is 32.2. The Labute approximate surface area is 110 Å². The van der Waals surface area contributed by atoms with Crippen molar-refractivity contribution in [2.75, 3.05) is 0 Å². The summed E-state index contributed by atoms with van der Waals surface area (Å²) >= 11 is 1.54. The number of hydrogen-bond donors (Lipinski definition) is 2. The van der Waals surface area contributed by atoms with Gasteiger partial charge in [0.05, 0.1) is 0 Å². The fraction of sp³-hybridized carbons (Fsp3) is 0.0769. The molecule has 5 heteroatoms. The highest BCUT2D eigenvalue weighted by molar-refractivity contribution is 7.99. The van der Waals surface area contributed by atoms with Crippen molar-refractivity contribution in [3.8, 4) is 0 Å². The van der Waals surface area contributed by atoms with Crippen LogP contribution in [0.4, 0.5) is 0 Å². The second-order valence-electron chi connectivity index (χ2n) is 3.78. The molecule has 0 unspecified atom stereocenters. The molecule has 0 saturated carbocycles. The minimum atomic E-state index is 0.0903. The van der Waals surface area contributed by atoms with E-state index in [-0.39, 0.29) is 5.84 Å². The van der Waals surface area contributed by atoms with Gasteiger partial charge in [0.25, 0.3) is 0 Å². The Kier molecular flexibility index (Phi) is 3.84. The Morgan fingerprint density at radius 2 is 2.22 bits per heavy atom. The maximum atomic E-state index is 8.76. The summed E-state index contributed by atoms with van der Waals surface area (Å²) in [6.07, 6.45) is 3.33. The Hall–Kier alpha value is -2.01. The molecular weight excluding hydrogens is 246 g/mol. The molecule has 18 heavy (non-hydrogen) atoms. The van der Waals surface area contributed by atoms with E-state index in [2.05, 4.69) is 16.2 Å². The first-order valence-corrected chi connectivity index (χ1v) is 6.19. The average Bonchev–Trinajstić information content (AvgIpc) is 2.38. The molecule has 1 heterocycles. The van der Waals surface area contributed by atoms with E-state index in [4.69, 9.17) is 10.9 Å². The zero-order chi connectivity index (χ0) is 13.0. The molecule has 2 aromatic rings. The highest BCUT2D eigenvalue weighted by Gasteiger charge is 2.08. The van der Waals surface area contributed by atoms with E-state index < -0.39 is 0 Å². The van der Waals surface area contributed by atoms with Gasteiger partial charge in [-0.15, -0.1) is 0 Å². The van der Waals surface area contributed by atoms with E-state index in [1.807, 2.05) is 25.1 Å². The van der Waals surface area contributed by atoms with Crippen LogP contribution in [0.15, 0.2) is 57.7 Å². The second-order valence-corrected chi connectivity index (χ2v) is 4.89. The summed E-state index contributed by atoms with van der Waals surface area (Å²) in [4.78, 5) is 6.02. The average molecular weight is 259 g/mol. The third-order valence-corrected chi connectivity index (χ3v) is 3.42. The number of rotatable bonds is 3. The third kappa shape index (κ3) is 2.81. The Bertz CT molecular complexity index is 584. The summed E-state index contributed by atoms with van der Waals surface area (Å²) in [5, 5.41) is 11.8. The molecule has 4 nitrogen and oxygen atoms in total. The number of amidine groups is 1. The molecular formula is C13H13N3OS. The van der Waals surface area contributed by atoms with Gasteiger partial charge in [-0.25, -0.2) is 0 Å². The first-order valence-electron chi connectivity index (χ1n) is 5.37. The van der Waals surface area contributed by atoms with Crippen LogP contribution in [0.25, 0.3) is 0 Å². The summed E-state index contributed by atoms with van der Waals surface area (Å²) in [5.41, 5.74) is 7.51. The van der Waals surface area contributed by atoms with Crippen molar-refractivity contribution in [1.29, 1.82) is 0 Å². The standard InChI is InChI=1S/C13H13N3OS/c1-9-3-2-4-10(7-9)18-12-8-15-6-5-11(12)13(14)16-17/h2-8,17H,1H3,(H2,14,16). The van der Waals surface area contributed by atoms with E-state index in [0.717, 1.165) is 9.79 Å². The van der Waals surface area contributed by atoms with E-state index in [0.29, 0.717) is 5.56 Å². The Morgan fingerprint density at radius 1 is 1.39 bits per heavy atom. The zero-order valence-corrected chi connectivity index (χ0v) is 10.7. The lowest BCUT2D eigenvalue weighted by Crippen LogP contribution is -2.14. The van der Waals surface area contributed by atoms with Crippen molar-refractivity contribution in [2.24, 2.45) is 10.9 Å². The van der Waals surface area contributed by atoms with Crippen molar-refractivity contribution in [1.82, 2.24) is 4.98 Å². The van der Waals surface area contributed by atoms with Crippen LogP contribution in [-0.4, -0.2) is 16.0 Å². The van der Waals surface area contributed by atoms with E-state index in [1.165, 1.54) is 17.3 Å². The number of hydrogen-bond acceptors (Lipinski definition) is 4. The zero-order valence-electron chi connectivity index (χ0n) is 9.87. The molecule has 0 aliphatic rings. The molecule has 1 aromatic heterocycles. The fourth-order valence-electron chi connectivity index (χ4n) is 1.53. The normalized spacial score (nSPS) is 11.5. The summed E-state index contributed by atoms with van der Waals surface area (Å²) in [5.74, 6) is 0.0903. The molecule has 2 rings (SSSR count). The number of nitrogens with zero attached hydrogens (tertiary/aromatic N) is 2.